The first-order valence-electron chi connectivity index (χ1n) is 13.4. The van der Waals surface area contributed by atoms with Crippen LogP contribution in [0.3, 0.4) is 0 Å². The molecule has 0 aliphatic carbocycles. The largest absolute Gasteiger partial charge is 0.135 e. The summed E-state index contributed by atoms with van der Waals surface area (Å²) in [4.78, 5) is 0. The van der Waals surface area contributed by atoms with Crippen LogP contribution in [0.4, 0.5) is 0 Å². The van der Waals surface area contributed by atoms with Gasteiger partial charge in [-0.15, -0.1) is 11.3 Å². The van der Waals surface area contributed by atoms with Gasteiger partial charge in [0.2, 0.25) is 0 Å². The summed E-state index contributed by atoms with van der Waals surface area (Å²) in [5.41, 5.74) is 2.58. The summed E-state index contributed by atoms with van der Waals surface area (Å²) in [6.07, 6.45) is 0. The summed E-state index contributed by atoms with van der Waals surface area (Å²) in [6.45, 7) is 0. The van der Waals surface area contributed by atoms with Crippen molar-refractivity contribution in [1.29, 1.82) is 0 Å². The lowest BCUT2D eigenvalue weighted by Crippen LogP contribution is -1.89. The molecule has 0 N–H and O–H groups in total. The Morgan fingerprint density at radius 2 is 0.821 bits per heavy atom. The van der Waals surface area contributed by atoms with E-state index in [1.54, 1.807) is 0 Å². The van der Waals surface area contributed by atoms with Crippen molar-refractivity contribution in [1.82, 2.24) is 0 Å². The second-order valence-corrected chi connectivity index (χ2v) is 11.5. The Balaban J connectivity index is 1.47. The van der Waals surface area contributed by atoms with Gasteiger partial charge in [0.25, 0.3) is 0 Å². The zero-order chi connectivity index (χ0) is 25.5. The zero-order valence-electron chi connectivity index (χ0n) is 21.1. The summed E-state index contributed by atoms with van der Waals surface area (Å²) in [5.74, 6) is 0. The number of hydrogen-bond acceptors (Lipinski definition) is 1. The van der Waals surface area contributed by atoms with Crippen molar-refractivity contribution in [3.8, 4) is 11.1 Å². The first-order chi connectivity index (χ1) is 19.4. The van der Waals surface area contributed by atoms with E-state index in [9.17, 15) is 0 Å². The molecule has 0 aliphatic rings. The van der Waals surface area contributed by atoms with Gasteiger partial charge in [-0.2, -0.15) is 0 Å². The molecule has 0 amide bonds. The summed E-state index contributed by atoms with van der Waals surface area (Å²) >= 11 is 1.90. The van der Waals surface area contributed by atoms with Gasteiger partial charge in [-0.3, -0.25) is 0 Å². The lowest BCUT2D eigenvalue weighted by molar-refractivity contribution is 1.73. The Morgan fingerprint density at radius 3 is 1.46 bits per heavy atom. The minimum atomic E-state index is 1.27. The Morgan fingerprint density at radius 1 is 0.333 bits per heavy atom. The van der Waals surface area contributed by atoms with Crippen molar-refractivity contribution in [2.24, 2.45) is 0 Å². The number of benzene rings is 8. The molecule has 0 aliphatic heterocycles. The van der Waals surface area contributed by atoms with Crippen molar-refractivity contribution in [3.63, 3.8) is 0 Å². The van der Waals surface area contributed by atoms with Crippen molar-refractivity contribution >= 4 is 85.4 Å². The Kier molecular flexibility index (Phi) is 4.30. The van der Waals surface area contributed by atoms with Crippen molar-refractivity contribution in [2.45, 2.75) is 0 Å². The van der Waals surface area contributed by atoms with Crippen molar-refractivity contribution in [2.75, 3.05) is 0 Å². The van der Waals surface area contributed by atoms with E-state index in [-0.39, 0.29) is 0 Å². The van der Waals surface area contributed by atoms with Crippen LogP contribution in [0.2, 0.25) is 0 Å². The lowest BCUT2D eigenvalue weighted by Gasteiger charge is -2.17. The fraction of sp³-hybridized carbons (Fsp3) is 0. The van der Waals surface area contributed by atoms with Gasteiger partial charge in [-0.25, -0.2) is 0 Å². The van der Waals surface area contributed by atoms with Crippen LogP contribution < -0.4 is 0 Å². The molecule has 1 heterocycles. The van der Waals surface area contributed by atoms with Gasteiger partial charge >= 0.3 is 0 Å². The molecule has 0 atom stereocenters. The highest BCUT2D eigenvalue weighted by molar-refractivity contribution is 7.26. The predicted octanol–water partition coefficient (Wildman–Crippen LogP) is 11.5. The van der Waals surface area contributed by atoms with Gasteiger partial charge in [0.15, 0.2) is 0 Å². The van der Waals surface area contributed by atoms with E-state index in [4.69, 9.17) is 0 Å². The van der Waals surface area contributed by atoms with Gasteiger partial charge in [0.05, 0.1) is 0 Å². The fourth-order valence-corrected chi connectivity index (χ4v) is 8.00. The van der Waals surface area contributed by atoms with Crippen LogP contribution >= 0.6 is 11.3 Å². The van der Waals surface area contributed by atoms with E-state index >= 15 is 0 Å². The Labute approximate surface area is 229 Å². The smallest absolute Gasteiger partial charge is 0.0433 e. The highest BCUT2D eigenvalue weighted by Crippen LogP contribution is 2.46. The summed E-state index contributed by atoms with van der Waals surface area (Å²) in [5, 5.41) is 15.9. The van der Waals surface area contributed by atoms with Gasteiger partial charge < -0.3 is 0 Å². The third-order valence-corrected chi connectivity index (χ3v) is 9.64. The first-order valence-corrected chi connectivity index (χ1v) is 14.3. The van der Waals surface area contributed by atoms with Crippen molar-refractivity contribution < 1.29 is 0 Å². The maximum atomic E-state index is 2.43. The zero-order valence-corrected chi connectivity index (χ0v) is 21.9. The molecular formula is C38H22S. The molecule has 0 saturated heterocycles. The summed E-state index contributed by atoms with van der Waals surface area (Å²) in [6, 6.07) is 49.4. The first kappa shape index (κ1) is 21.2. The van der Waals surface area contributed by atoms with Gasteiger partial charge in [-0.1, -0.05) is 121 Å². The highest BCUT2D eigenvalue weighted by Gasteiger charge is 2.17. The predicted molar refractivity (Wildman–Crippen MR) is 172 cm³/mol. The van der Waals surface area contributed by atoms with Crippen molar-refractivity contribution in [3.05, 3.63) is 133 Å². The SMILES string of the molecule is c1ccc2c(c1)sc1c(-c3ccc4c(c3)c3ccccc3c3c5ccccc5c5ccccc5c43)cccc12. The van der Waals surface area contributed by atoms with Crippen LogP contribution in [0.15, 0.2) is 133 Å². The topological polar surface area (TPSA) is 0 Å². The number of hydrogen-bond donors (Lipinski definition) is 0. The van der Waals surface area contributed by atoms with E-state index in [0.717, 1.165) is 0 Å². The Bertz CT molecular complexity index is 2440. The fourth-order valence-electron chi connectivity index (χ4n) is 6.76. The number of fused-ring (bicyclic) bond motifs is 14. The molecule has 0 fully saturated rings. The molecule has 0 bridgehead atoms. The van der Waals surface area contributed by atoms with Gasteiger partial charge in [-0.05, 0) is 77.1 Å². The number of thiophene rings is 1. The van der Waals surface area contributed by atoms with Crippen LogP contribution in [0.5, 0.6) is 0 Å². The normalized spacial score (nSPS) is 12.1. The summed E-state index contributed by atoms with van der Waals surface area (Å²) in [7, 11) is 0. The molecule has 0 radical (unpaired) electrons. The molecule has 9 aromatic rings. The van der Waals surface area contributed by atoms with E-state index in [1.807, 2.05) is 11.3 Å². The molecule has 8 aromatic carbocycles. The Hall–Kier alpha value is -4.72. The molecule has 0 unspecified atom stereocenters. The van der Waals surface area contributed by atoms with E-state index < -0.39 is 0 Å². The second kappa shape index (κ2) is 7.89. The van der Waals surface area contributed by atoms with Crippen LogP contribution in [-0.2, 0) is 0 Å². The monoisotopic (exact) mass is 510 g/mol. The van der Waals surface area contributed by atoms with E-state index in [0.29, 0.717) is 0 Å². The van der Waals surface area contributed by atoms with E-state index in [1.165, 1.54) is 85.2 Å². The number of rotatable bonds is 1. The average Bonchev–Trinajstić information content (AvgIpc) is 3.39. The van der Waals surface area contributed by atoms with Gasteiger partial charge in [0, 0.05) is 20.2 Å². The molecule has 9 rings (SSSR count). The van der Waals surface area contributed by atoms with Crippen LogP contribution in [0.1, 0.15) is 0 Å². The van der Waals surface area contributed by atoms with E-state index in [2.05, 4.69) is 133 Å². The quantitative estimate of drug-likeness (QED) is 0.193. The molecule has 0 saturated carbocycles. The molecule has 0 spiro atoms. The minimum absolute atomic E-state index is 1.27. The molecule has 0 nitrogen and oxygen atoms in total. The van der Waals surface area contributed by atoms with Crippen LogP contribution in [0.25, 0.3) is 85.2 Å². The molecular weight excluding hydrogens is 488 g/mol. The molecule has 1 heteroatoms. The second-order valence-electron chi connectivity index (χ2n) is 10.4. The highest BCUT2D eigenvalue weighted by atomic mass is 32.1. The van der Waals surface area contributed by atoms with Crippen LogP contribution in [0, 0.1) is 0 Å². The summed E-state index contributed by atoms with van der Waals surface area (Å²) < 4.78 is 2.70. The molecule has 180 valence electrons. The molecule has 1 aromatic heterocycles. The maximum absolute atomic E-state index is 2.43. The lowest BCUT2D eigenvalue weighted by atomic mass is 9.86. The minimum Gasteiger partial charge on any atom is -0.135 e. The average molecular weight is 511 g/mol. The van der Waals surface area contributed by atoms with Gasteiger partial charge in [0.1, 0.15) is 0 Å². The third-order valence-electron chi connectivity index (χ3n) is 8.42. The maximum Gasteiger partial charge on any atom is 0.0433 e. The molecule has 39 heavy (non-hydrogen) atoms. The standard InChI is InChI=1S/C38H22S/c1-4-14-29-25(10-1)26-11-2-5-15-30(26)37-32-21-20-23(22-34(32)27-12-3-6-16-31(27)36(29)37)24-17-9-18-33-28-13-7-8-19-35(28)39-38(24)33/h1-22H. The third kappa shape index (κ3) is 2.88. The van der Waals surface area contributed by atoms with Crippen LogP contribution in [-0.4, -0.2) is 0 Å².